The number of sulfone groups is 1. The van der Waals surface area contributed by atoms with Crippen molar-refractivity contribution in [3.8, 4) is 0 Å². The first-order chi connectivity index (χ1) is 19.9. The second-order valence-corrected chi connectivity index (χ2v) is 15.8. The first-order valence-electron chi connectivity index (χ1n) is 13.3. The molecular formula is C27H32F3N3O7S3. The van der Waals surface area contributed by atoms with Crippen molar-refractivity contribution in [3.63, 3.8) is 0 Å². The molecule has 0 aromatic heterocycles. The molecule has 2 fully saturated rings. The van der Waals surface area contributed by atoms with Crippen molar-refractivity contribution < 1.29 is 44.3 Å². The quantitative estimate of drug-likeness (QED) is 0.489. The van der Waals surface area contributed by atoms with E-state index in [4.69, 9.17) is 4.74 Å². The van der Waals surface area contributed by atoms with Crippen LogP contribution in [0.15, 0.2) is 63.2 Å². The molecule has 0 radical (unpaired) electrons. The van der Waals surface area contributed by atoms with Crippen molar-refractivity contribution in [2.45, 2.75) is 72.2 Å². The third-order valence-corrected chi connectivity index (χ3v) is 11.2. The summed E-state index contributed by atoms with van der Waals surface area (Å²) in [7, 11) is -9.15. The smallest absolute Gasteiger partial charge is 0.417 e. The number of alkyl halides is 3. The first kappa shape index (κ1) is 33.1. The second-order valence-electron chi connectivity index (χ2n) is 11.2. The van der Waals surface area contributed by atoms with Crippen LogP contribution in [0.1, 0.15) is 39.2 Å². The van der Waals surface area contributed by atoms with Gasteiger partial charge in [-0.2, -0.15) is 13.2 Å². The van der Waals surface area contributed by atoms with Gasteiger partial charge in [0.2, 0.25) is 25.8 Å². The maximum atomic E-state index is 13.9. The number of benzene rings is 2. The fourth-order valence-electron chi connectivity index (χ4n) is 4.72. The van der Waals surface area contributed by atoms with E-state index in [1.165, 1.54) is 45.8 Å². The largest absolute Gasteiger partial charge is 0.444 e. The van der Waals surface area contributed by atoms with E-state index in [2.05, 4.69) is 4.72 Å². The topological polar surface area (TPSA) is 130 Å². The van der Waals surface area contributed by atoms with Gasteiger partial charge in [0.25, 0.3) is 0 Å². The molecule has 2 amide bonds. The molecule has 43 heavy (non-hydrogen) atoms. The zero-order valence-corrected chi connectivity index (χ0v) is 26.1. The van der Waals surface area contributed by atoms with Crippen molar-refractivity contribution in [1.82, 2.24) is 14.5 Å². The lowest BCUT2D eigenvalue weighted by Gasteiger charge is -2.35. The second kappa shape index (κ2) is 12.3. The van der Waals surface area contributed by atoms with Crippen molar-refractivity contribution in [3.05, 3.63) is 54.1 Å². The molecule has 2 saturated heterocycles. The van der Waals surface area contributed by atoms with Gasteiger partial charge in [-0.15, -0.1) is 11.8 Å². The number of rotatable bonds is 6. The maximum Gasteiger partial charge on any atom is 0.417 e. The first-order valence-corrected chi connectivity index (χ1v) is 17.4. The summed E-state index contributed by atoms with van der Waals surface area (Å²) >= 11 is 1.40. The number of carbonyl (C=O) groups is 2. The van der Waals surface area contributed by atoms with Gasteiger partial charge < -0.3 is 9.64 Å². The minimum atomic E-state index is -5.08. The summed E-state index contributed by atoms with van der Waals surface area (Å²) in [5.74, 6) is 0.324. The van der Waals surface area contributed by atoms with E-state index >= 15 is 0 Å². The highest BCUT2D eigenvalue weighted by atomic mass is 32.2. The molecular weight excluding hydrogens is 632 g/mol. The number of nitrogens with zero attached hydrogens (tertiary/aromatic N) is 2. The monoisotopic (exact) mass is 663 g/mol. The molecule has 10 nitrogen and oxygen atoms in total. The van der Waals surface area contributed by atoms with E-state index in [0.29, 0.717) is 17.9 Å². The van der Waals surface area contributed by atoms with Crippen LogP contribution >= 0.6 is 11.8 Å². The number of hydrogen-bond acceptors (Lipinski definition) is 8. The number of halogens is 3. The Labute approximate surface area is 252 Å². The number of amides is 2. The fourth-order valence-corrected chi connectivity index (χ4v) is 8.79. The highest BCUT2D eigenvalue weighted by Gasteiger charge is 2.42. The van der Waals surface area contributed by atoms with Crippen LogP contribution in [0.25, 0.3) is 0 Å². The van der Waals surface area contributed by atoms with Crippen molar-refractivity contribution >= 4 is 43.6 Å². The molecule has 4 rings (SSSR count). The predicted octanol–water partition coefficient (Wildman–Crippen LogP) is 4.12. The Balaban J connectivity index is 1.49. The molecule has 0 bridgehead atoms. The van der Waals surface area contributed by atoms with E-state index in [-0.39, 0.29) is 42.6 Å². The molecule has 0 unspecified atom stereocenters. The number of carbonyl (C=O) groups excluding carboxylic acids is 2. The Morgan fingerprint density at radius 3 is 2.16 bits per heavy atom. The molecule has 1 N–H and O–H groups in total. The maximum absolute atomic E-state index is 13.9. The molecule has 2 aromatic carbocycles. The average Bonchev–Trinajstić information content (AvgIpc) is 3.42. The van der Waals surface area contributed by atoms with E-state index in [0.717, 1.165) is 6.07 Å². The van der Waals surface area contributed by atoms with Crippen molar-refractivity contribution in [2.75, 3.05) is 24.7 Å². The molecule has 0 spiro atoms. The number of sulfonamides is 1. The van der Waals surface area contributed by atoms with Gasteiger partial charge >= 0.3 is 12.3 Å². The Bertz CT molecular complexity index is 1570. The van der Waals surface area contributed by atoms with Crippen LogP contribution in [0.4, 0.5) is 18.0 Å². The van der Waals surface area contributed by atoms with Crippen LogP contribution in [0, 0.1) is 0 Å². The SMILES string of the molecule is CC(C)(C)OC(=O)N1CSC[C@H]1C(=O)N1CCC(NS(=O)(=O)c2cc(S(=O)(=O)c3ccccc3)ccc2C(F)(F)F)CC1. The van der Waals surface area contributed by atoms with Gasteiger partial charge in [0.15, 0.2) is 0 Å². The average molecular weight is 664 g/mol. The highest BCUT2D eigenvalue weighted by Crippen LogP contribution is 2.37. The van der Waals surface area contributed by atoms with Gasteiger partial charge in [0, 0.05) is 24.9 Å². The van der Waals surface area contributed by atoms with Crippen LogP contribution < -0.4 is 4.72 Å². The van der Waals surface area contributed by atoms with E-state index in [1.807, 2.05) is 0 Å². The predicted molar refractivity (Wildman–Crippen MR) is 152 cm³/mol. The van der Waals surface area contributed by atoms with Crippen LogP contribution in [0.3, 0.4) is 0 Å². The van der Waals surface area contributed by atoms with Crippen molar-refractivity contribution in [1.29, 1.82) is 0 Å². The summed E-state index contributed by atoms with van der Waals surface area (Å²) in [4.78, 5) is 26.7. The summed E-state index contributed by atoms with van der Waals surface area (Å²) < 4.78 is 102. The zero-order chi connectivity index (χ0) is 31.8. The molecule has 2 aliphatic rings. The van der Waals surface area contributed by atoms with Gasteiger partial charge in [-0.05, 0) is 63.9 Å². The lowest BCUT2D eigenvalue weighted by molar-refractivity contribution is -0.140. The lowest BCUT2D eigenvalue weighted by Crippen LogP contribution is -2.53. The molecule has 16 heteroatoms. The number of hydrogen-bond donors (Lipinski definition) is 1. The van der Waals surface area contributed by atoms with Crippen LogP contribution in [0.5, 0.6) is 0 Å². The number of ether oxygens (including phenoxy) is 1. The zero-order valence-electron chi connectivity index (χ0n) is 23.6. The number of piperidine rings is 1. The summed E-state index contributed by atoms with van der Waals surface area (Å²) in [6, 6.07) is 7.08. The van der Waals surface area contributed by atoms with Gasteiger partial charge in [0.1, 0.15) is 11.6 Å². The Morgan fingerprint density at radius 1 is 0.953 bits per heavy atom. The molecule has 236 valence electrons. The van der Waals surface area contributed by atoms with Gasteiger partial charge in [-0.1, -0.05) is 18.2 Å². The Hall–Kier alpha value is -2.82. The van der Waals surface area contributed by atoms with Crippen LogP contribution in [-0.2, 0) is 35.6 Å². The lowest BCUT2D eigenvalue weighted by atomic mass is 10.1. The third-order valence-electron chi connectivity index (χ3n) is 6.84. The third kappa shape index (κ3) is 7.64. The molecule has 1 atom stereocenters. The van der Waals surface area contributed by atoms with E-state index in [1.54, 1.807) is 26.8 Å². The van der Waals surface area contributed by atoms with Gasteiger partial charge in [-0.25, -0.2) is 26.4 Å². The molecule has 2 aromatic rings. The number of nitrogens with one attached hydrogen (secondary N) is 1. The van der Waals surface area contributed by atoms with Crippen LogP contribution in [0.2, 0.25) is 0 Å². The summed E-state index contributed by atoms with van der Waals surface area (Å²) in [6.07, 6.45) is -5.49. The number of thioether (sulfide) groups is 1. The van der Waals surface area contributed by atoms with E-state index < -0.39 is 65.2 Å². The normalized spacial score (nSPS) is 19.0. The standard InChI is InChI=1S/C27H32F3N3O7S3/c1-26(2,3)40-25(35)33-17-41-16-22(33)24(34)32-13-11-18(12-14-32)31-43(38,39)23-15-20(9-10-21(23)27(28,29)30)42(36,37)19-7-5-4-6-8-19/h4-10,15,18,22,31H,11-14,16-17H2,1-3H3/t22-/m0/s1. The summed E-state index contributed by atoms with van der Waals surface area (Å²) in [5.41, 5.74) is -2.24. The molecule has 0 aliphatic carbocycles. The summed E-state index contributed by atoms with van der Waals surface area (Å²) in [6.45, 7) is 5.35. The minimum absolute atomic E-state index is 0.0978. The molecule has 2 aliphatic heterocycles. The number of likely N-dealkylation sites (tertiary alicyclic amines) is 1. The van der Waals surface area contributed by atoms with Crippen LogP contribution in [-0.4, -0.2) is 81.0 Å². The molecule has 0 saturated carbocycles. The minimum Gasteiger partial charge on any atom is -0.444 e. The van der Waals surface area contributed by atoms with E-state index in [9.17, 15) is 39.6 Å². The Morgan fingerprint density at radius 2 is 1.58 bits per heavy atom. The Kier molecular flexibility index (Phi) is 9.45. The van der Waals surface area contributed by atoms with Gasteiger partial charge in [0.05, 0.1) is 26.1 Å². The fraction of sp³-hybridized carbons (Fsp3) is 0.481. The molecule has 2 heterocycles. The highest BCUT2D eigenvalue weighted by molar-refractivity contribution is 7.99. The van der Waals surface area contributed by atoms with Crippen molar-refractivity contribution in [2.24, 2.45) is 0 Å². The van der Waals surface area contributed by atoms with Gasteiger partial charge in [-0.3, -0.25) is 9.69 Å². The summed E-state index contributed by atoms with van der Waals surface area (Å²) in [5, 5.41) is 0.